The second kappa shape index (κ2) is 12.8. The Hall–Kier alpha value is -2.31. The van der Waals surface area contributed by atoms with Gasteiger partial charge in [-0.25, -0.2) is 8.78 Å². The first-order chi connectivity index (χ1) is 17.4. The first-order valence-corrected chi connectivity index (χ1v) is 13.6. The van der Waals surface area contributed by atoms with E-state index in [1.165, 1.54) is 43.4 Å². The van der Waals surface area contributed by atoms with Crippen molar-refractivity contribution in [1.29, 1.82) is 0 Å². The molecule has 3 aliphatic rings. The number of nitrogens with zero attached hydrogens (tertiary/aromatic N) is 3. The Kier molecular flexibility index (Phi) is 9.49. The summed E-state index contributed by atoms with van der Waals surface area (Å²) in [4.78, 5) is 19.4. The summed E-state index contributed by atoms with van der Waals surface area (Å²) < 4.78 is 27.2. The molecule has 1 saturated heterocycles. The molecule has 196 valence electrons. The van der Waals surface area contributed by atoms with Crippen molar-refractivity contribution in [3.63, 3.8) is 0 Å². The molecular weight excluding hydrogens is 456 g/mol. The van der Waals surface area contributed by atoms with Crippen molar-refractivity contribution in [3.8, 4) is 0 Å². The minimum absolute atomic E-state index is 0.191. The quantitative estimate of drug-likeness (QED) is 0.480. The van der Waals surface area contributed by atoms with Gasteiger partial charge in [-0.15, -0.1) is 0 Å². The van der Waals surface area contributed by atoms with E-state index in [-0.39, 0.29) is 5.91 Å². The first kappa shape index (κ1) is 26.7. The Balaban J connectivity index is 0.000000256. The lowest BCUT2D eigenvalue weighted by atomic mass is 9.78. The molecule has 5 rings (SSSR count). The fraction of sp³-hybridized carbons (Fsp3) is 0.567. The lowest BCUT2D eigenvalue weighted by Gasteiger charge is -2.44. The zero-order chi connectivity index (χ0) is 25.5. The minimum Gasteiger partial charge on any atom is -0.338 e. The Labute approximate surface area is 215 Å². The van der Waals surface area contributed by atoms with E-state index in [0.717, 1.165) is 44.8 Å². The van der Waals surface area contributed by atoms with Gasteiger partial charge >= 0.3 is 0 Å². The third kappa shape index (κ3) is 7.59. The first-order valence-electron chi connectivity index (χ1n) is 13.6. The molecule has 1 heterocycles. The Morgan fingerprint density at radius 1 is 0.917 bits per heavy atom. The van der Waals surface area contributed by atoms with Crippen LogP contribution >= 0.6 is 0 Å². The van der Waals surface area contributed by atoms with Crippen LogP contribution in [0.1, 0.15) is 62.5 Å². The molecule has 2 aromatic rings. The van der Waals surface area contributed by atoms with Gasteiger partial charge in [0.2, 0.25) is 5.91 Å². The van der Waals surface area contributed by atoms with E-state index in [4.69, 9.17) is 0 Å². The molecule has 0 N–H and O–H groups in total. The van der Waals surface area contributed by atoms with E-state index >= 15 is 0 Å². The number of carbonyl (C=O) groups excluding carboxylic acids is 1. The number of hydrogen-bond acceptors (Lipinski definition) is 3. The molecule has 0 aromatic heterocycles. The number of piperidine rings is 1. The predicted molar refractivity (Wildman–Crippen MR) is 140 cm³/mol. The second-order valence-electron chi connectivity index (χ2n) is 10.9. The third-order valence-corrected chi connectivity index (χ3v) is 7.70. The molecule has 1 aliphatic heterocycles. The molecule has 36 heavy (non-hydrogen) atoms. The van der Waals surface area contributed by atoms with Gasteiger partial charge in [-0.2, -0.15) is 0 Å². The van der Waals surface area contributed by atoms with Gasteiger partial charge in [0.15, 0.2) is 0 Å². The molecule has 4 nitrogen and oxygen atoms in total. The van der Waals surface area contributed by atoms with E-state index in [1.807, 2.05) is 6.07 Å². The molecule has 2 aromatic carbocycles. The van der Waals surface area contributed by atoms with Crippen molar-refractivity contribution >= 4 is 5.91 Å². The maximum absolute atomic E-state index is 14.0. The molecule has 1 amide bonds. The van der Waals surface area contributed by atoms with Crippen molar-refractivity contribution in [1.82, 2.24) is 14.7 Å². The summed E-state index contributed by atoms with van der Waals surface area (Å²) in [6.07, 6.45) is 9.36. The van der Waals surface area contributed by atoms with Gasteiger partial charge in [0.1, 0.15) is 11.6 Å². The van der Waals surface area contributed by atoms with Crippen LogP contribution < -0.4 is 0 Å². The van der Waals surface area contributed by atoms with Gasteiger partial charge in [0, 0.05) is 43.3 Å². The molecule has 2 atom stereocenters. The number of carbonyl (C=O) groups is 1. The van der Waals surface area contributed by atoms with Gasteiger partial charge in [0.05, 0.1) is 6.54 Å². The Morgan fingerprint density at radius 2 is 1.64 bits per heavy atom. The van der Waals surface area contributed by atoms with Crippen LogP contribution in [0.3, 0.4) is 0 Å². The van der Waals surface area contributed by atoms with E-state index in [0.29, 0.717) is 36.7 Å². The maximum Gasteiger partial charge on any atom is 0.237 e. The molecule has 0 bridgehead atoms. The highest BCUT2D eigenvalue weighted by Gasteiger charge is 2.38. The van der Waals surface area contributed by atoms with Gasteiger partial charge in [0.25, 0.3) is 0 Å². The molecule has 0 radical (unpaired) electrons. The van der Waals surface area contributed by atoms with Gasteiger partial charge in [-0.1, -0.05) is 49.2 Å². The number of amides is 1. The normalized spacial score (nSPS) is 21.7. The van der Waals surface area contributed by atoms with Crippen LogP contribution in [0.25, 0.3) is 0 Å². The number of fused-ring (bicyclic) bond motifs is 1. The average Bonchev–Trinajstić information content (AvgIpc) is 3.71. The van der Waals surface area contributed by atoms with Crippen molar-refractivity contribution in [2.75, 3.05) is 27.2 Å². The molecule has 2 aliphatic carbocycles. The Morgan fingerprint density at radius 3 is 2.33 bits per heavy atom. The fourth-order valence-electron chi connectivity index (χ4n) is 5.77. The van der Waals surface area contributed by atoms with Gasteiger partial charge in [-0.05, 0) is 70.2 Å². The highest BCUT2D eigenvalue weighted by molar-refractivity contribution is 5.79. The Bertz CT molecular complexity index is 977. The monoisotopic (exact) mass is 497 g/mol. The topological polar surface area (TPSA) is 26.8 Å². The summed E-state index contributed by atoms with van der Waals surface area (Å²) in [5.74, 6) is -0.216. The summed E-state index contributed by atoms with van der Waals surface area (Å²) in [7, 11) is 4.15. The fourth-order valence-corrected chi connectivity index (χ4v) is 5.77. The number of benzene rings is 2. The van der Waals surface area contributed by atoms with Gasteiger partial charge in [-0.3, -0.25) is 9.69 Å². The van der Waals surface area contributed by atoms with Crippen LogP contribution in [0.2, 0.25) is 0 Å². The number of hydrogen-bond donors (Lipinski definition) is 0. The molecule has 6 heteroatoms. The van der Waals surface area contributed by atoms with Crippen LogP contribution in [-0.2, 0) is 17.9 Å². The predicted octanol–water partition coefficient (Wildman–Crippen LogP) is 5.86. The van der Waals surface area contributed by atoms with Crippen molar-refractivity contribution in [3.05, 3.63) is 71.3 Å². The van der Waals surface area contributed by atoms with Crippen molar-refractivity contribution in [2.45, 2.75) is 76.5 Å². The van der Waals surface area contributed by atoms with E-state index in [9.17, 15) is 13.6 Å². The smallest absolute Gasteiger partial charge is 0.237 e. The summed E-state index contributed by atoms with van der Waals surface area (Å²) >= 11 is 0. The average molecular weight is 498 g/mol. The molecule has 2 saturated carbocycles. The summed E-state index contributed by atoms with van der Waals surface area (Å²) in [6, 6.07) is 14.9. The van der Waals surface area contributed by atoms with Crippen LogP contribution in [-0.4, -0.2) is 59.9 Å². The molecule has 2 unspecified atom stereocenters. The standard InChI is InChI=1S/C21H28F2N2O.C9H13N/c22-17-8-7-16(19(23)12-17)13-24(18-9-10-18)14-21(26)25-11-3-5-15-4-1-2-6-20(15)25;1-10(2)8-9-6-4-3-5-7-9/h7-8,12,15,18,20H,1-6,9-11,13-14H2;3-7H,8H2,1-2H3. The number of halogens is 2. The highest BCUT2D eigenvalue weighted by atomic mass is 19.1. The minimum atomic E-state index is -0.558. The SMILES string of the molecule is CN(C)Cc1ccccc1.O=C(CN(Cc1ccc(F)cc1F)C1CC1)N1CCCC2CCCCC21. The highest BCUT2D eigenvalue weighted by Crippen LogP contribution is 2.36. The zero-order valence-electron chi connectivity index (χ0n) is 21.8. The van der Waals surface area contributed by atoms with Crippen molar-refractivity contribution in [2.24, 2.45) is 5.92 Å². The number of likely N-dealkylation sites (tertiary alicyclic amines) is 1. The number of rotatable bonds is 7. The lowest BCUT2D eigenvalue weighted by molar-refractivity contribution is -0.139. The zero-order valence-corrected chi connectivity index (χ0v) is 21.8. The van der Waals surface area contributed by atoms with Crippen LogP contribution in [0.15, 0.2) is 48.5 Å². The molecule has 3 fully saturated rings. The van der Waals surface area contributed by atoms with Crippen LogP contribution in [0.5, 0.6) is 0 Å². The summed E-state index contributed by atoms with van der Waals surface area (Å²) in [5, 5.41) is 0. The van der Waals surface area contributed by atoms with Crippen molar-refractivity contribution < 1.29 is 13.6 Å². The summed E-state index contributed by atoms with van der Waals surface area (Å²) in [6.45, 7) is 2.62. The van der Waals surface area contributed by atoms with Crippen LogP contribution in [0.4, 0.5) is 8.78 Å². The van der Waals surface area contributed by atoms with Gasteiger partial charge < -0.3 is 9.80 Å². The maximum atomic E-state index is 14.0. The molecule has 0 spiro atoms. The molecular formula is C30H41F2N3O. The lowest BCUT2D eigenvalue weighted by Crippen LogP contribution is -2.52. The third-order valence-electron chi connectivity index (χ3n) is 7.70. The van der Waals surface area contributed by atoms with E-state index in [2.05, 4.69) is 53.1 Å². The van der Waals surface area contributed by atoms with E-state index in [1.54, 1.807) is 0 Å². The second-order valence-corrected chi connectivity index (χ2v) is 10.9. The van der Waals surface area contributed by atoms with Crippen LogP contribution in [0, 0.1) is 17.6 Å². The van der Waals surface area contributed by atoms with E-state index < -0.39 is 11.6 Å². The summed E-state index contributed by atoms with van der Waals surface area (Å²) in [5.41, 5.74) is 1.84. The largest absolute Gasteiger partial charge is 0.338 e.